The number of nitrogens with zero attached hydrogens (tertiary/aromatic N) is 4. The van der Waals surface area contributed by atoms with Gasteiger partial charge in [0.25, 0.3) is 6.01 Å². The predicted molar refractivity (Wildman–Crippen MR) is 142 cm³/mol. The highest BCUT2D eigenvalue weighted by Gasteiger charge is 2.33. The molecule has 4 aromatic rings. The molecule has 204 valence electrons. The molecule has 2 aromatic carbocycles. The summed E-state index contributed by atoms with van der Waals surface area (Å²) in [6.45, 7) is 1.58. The lowest BCUT2D eigenvalue weighted by molar-refractivity contribution is -0.137. The second-order valence-electron chi connectivity index (χ2n) is 9.41. The monoisotopic (exact) mass is 547 g/mol. The maximum Gasteiger partial charge on any atom is 0.417 e. The lowest BCUT2D eigenvalue weighted by Gasteiger charge is -2.30. The highest BCUT2D eigenvalue weighted by Crippen LogP contribution is 2.37. The molecule has 0 aliphatic carbocycles. The van der Waals surface area contributed by atoms with Gasteiger partial charge < -0.3 is 19.4 Å². The standard InChI is InChI=1S/C29H24F3N5O3/c30-29(31,32)20-15-22(37-10-12-39-13-11-37)26(33-16-20)24-17-34-28(40-24)36-27-23(38)14-19-8-4-5-9-21(19)25(35-27)18-6-2-1-3-7-18/h1-9,15-17,27H,10-14H2,(H,34,36)/t27-/m0/s1. The average Bonchev–Trinajstić information content (AvgIpc) is 3.38. The van der Waals surface area contributed by atoms with E-state index in [-0.39, 0.29) is 35.4 Å². The van der Waals surface area contributed by atoms with Crippen LogP contribution in [0.25, 0.3) is 11.5 Å². The fourth-order valence-electron chi connectivity index (χ4n) is 4.81. The average molecular weight is 548 g/mol. The minimum Gasteiger partial charge on any atom is -0.422 e. The summed E-state index contributed by atoms with van der Waals surface area (Å²) in [4.78, 5) is 28.1. The summed E-state index contributed by atoms with van der Waals surface area (Å²) in [5.41, 5.74) is 2.86. The third-order valence-electron chi connectivity index (χ3n) is 6.79. The van der Waals surface area contributed by atoms with Crippen molar-refractivity contribution >= 4 is 23.2 Å². The molecule has 1 atom stereocenters. The molecule has 1 N–H and O–H groups in total. The summed E-state index contributed by atoms with van der Waals surface area (Å²) < 4.78 is 51.7. The number of fused-ring (bicyclic) bond motifs is 1. The summed E-state index contributed by atoms with van der Waals surface area (Å²) >= 11 is 0. The first-order chi connectivity index (χ1) is 19.4. The Bertz CT molecular complexity index is 1560. The molecular formula is C29H24F3N5O3. The van der Waals surface area contributed by atoms with Gasteiger partial charge in [0.05, 0.1) is 36.4 Å². The third kappa shape index (κ3) is 5.20. The molecular weight excluding hydrogens is 523 g/mol. The Morgan fingerprint density at radius 3 is 2.48 bits per heavy atom. The summed E-state index contributed by atoms with van der Waals surface area (Å²) in [6, 6.07) is 18.2. The number of Topliss-reactive ketones (excluding diaryl/α,β-unsaturated/α-hetero) is 1. The second-order valence-corrected chi connectivity index (χ2v) is 9.41. The quantitative estimate of drug-likeness (QED) is 0.376. The SMILES string of the molecule is O=C1Cc2ccccc2C(c2ccccc2)=N[C@H]1Nc1ncc(-c2ncc(C(F)(F)F)cc2N2CCOCC2)o1. The number of rotatable bonds is 5. The van der Waals surface area contributed by atoms with Gasteiger partial charge in [-0.15, -0.1) is 0 Å². The molecule has 2 aliphatic heterocycles. The van der Waals surface area contributed by atoms with Crippen molar-refractivity contribution in [1.82, 2.24) is 9.97 Å². The Hall–Kier alpha value is -4.51. The molecule has 2 aromatic heterocycles. The van der Waals surface area contributed by atoms with E-state index in [4.69, 9.17) is 14.1 Å². The minimum absolute atomic E-state index is 0.00472. The van der Waals surface area contributed by atoms with Crippen molar-refractivity contribution in [3.05, 3.63) is 95.3 Å². The highest BCUT2D eigenvalue weighted by molar-refractivity contribution is 6.16. The third-order valence-corrected chi connectivity index (χ3v) is 6.79. The number of aliphatic imine (C=N–C) groups is 1. The van der Waals surface area contributed by atoms with Gasteiger partial charge in [-0.05, 0) is 11.6 Å². The van der Waals surface area contributed by atoms with Gasteiger partial charge in [-0.1, -0.05) is 54.6 Å². The van der Waals surface area contributed by atoms with Gasteiger partial charge in [0.15, 0.2) is 17.7 Å². The number of ketones is 1. The second kappa shape index (κ2) is 10.6. The van der Waals surface area contributed by atoms with E-state index in [1.54, 1.807) is 4.90 Å². The highest BCUT2D eigenvalue weighted by atomic mass is 19.4. The molecule has 2 aliphatic rings. The van der Waals surface area contributed by atoms with Gasteiger partial charge >= 0.3 is 6.18 Å². The van der Waals surface area contributed by atoms with E-state index in [0.29, 0.717) is 32.0 Å². The number of hydrogen-bond acceptors (Lipinski definition) is 8. The molecule has 0 bridgehead atoms. The van der Waals surface area contributed by atoms with Crippen LogP contribution in [0.1, 0.15) is 22.3 Å². The molecule has 0 saturated carbocycles. The van der Waals surface area contributed by atoms with Crippen LogP contribution < -0.4 is 10.2 Å². The fourth-order valence-corrected chi connectivity index (χ4v) is 4.81. The smallest absolute Gasteiger partial charge is 0.417 e. The van der Waals surface area contributed by atoms with Crippen LogP contribution in [-0.2, 0) is 22.1 Å². The molecule has 1 saturated heterocycles. The van der Waals surface area contributed by atoms with Crippen LogP contribution in [0.15, 0.2) is 82.5 Å². The van der Waals surface area contributed by atoms with Gasteiger partial charge in [-0.3, -0.25) is 14.8 Å². The number of carbonyl (C=O) groups excluding carboxylic acids is 1. The summed E-state index contributed by atoms with van der Waals surface area (Å²) in [5, 5.41) is 2.97. The van der Waals surface area contributed by atoms with Crippen LogP contribution >= 0.6 is 0 Å². The van der Waals surface area contributed by atoms with Crippen LogP contribution in [0, 0.1) is 0 Å². The zero-order valence-electron chi connectivity index (χ0n) is 21.2. The van der Waals surface area contributed by atoms with Crippen molar-refractivity contribution in [2.24, 2.45) is 4.99 Å². The summed E-state index contributed by atoms with van der Waals surface area (Å²) in [5.74, 6) is -0.0193. The Kier molecular flexibility index (Phi) is 6.81. The van der Waals surface area contributed by atoms with Crippen molar-refractivity contribution in [3.8, 4) is 11.5 Å². The zero-order valence-corrected chi connectivity index (χ0v) is 21.2. The molecule has 1 fully saturated rings. The number of halogens is 3. The maximum atomic E-state index is 13.5. The Labute approximate surface area is 227 Å². The molecule has 4 heterocycles. The maximum absolute atomic E-state index is 13.5. The Morgan fingerprint density at radius 2 is 1.70 bits per heavy atom. The van der Waals surface area contributed by atoms with Crippen molar-refractivity contribution < 1.29 is 27.1 Å². The van der Waals surface area contributed by atoms with Crippen molar-refractivity contribution in [2.75, 3.05) is 36.5 Å². The number of aromatic nitrogens is 2. The lowest BCUT2D eigenvalue weighted by Crippen LogP contribution is -2.36. The van der Waals surface area contributed by atoms with Gasteiger partial charge in [0.1, 0.15) is 5.69 Å². The largest absolute Gasteiger partial charge is 0.422 e. The number of nitrogens with one attached hydrogen (secondary N) is 1. The molecule has 0 radical (unpaired) electrons. The minimum atomic E-state index is -4.55. The van der Waals surface area contributed by atoms with Crippen molar-refractivity contribution in [2.45, 2.75) is 18.8 Å². The zero-order chi connectivity index (χ0) is 27.7. The molecule has 8 nitrogen and oxygen atoms in total. The van der Waals surface area contributed by atoms with E-state index >= 15 is 0 Å². The number of benzene rings is 2. The molecule has 0 spiro atoms. The number of anilines is 2. The molecule has 6 rings (SSSR count). The van der Waals surface area contributed by atoms with Crippen LogP contribution in [0.5, 0.6) is 0 Å². The van der Waals surface area contributed by atoms with Crippen molar-refractivity contribution in [1.29, 1.82) is 0 Å². The van der Waals surface area contributed by atoms with E-state index in [1.165, 1.54) is 6.20 Å². The van der Waals surface area contributed by atoms with Gasteiger partial charge in [-0.25, -0.2) is 4.98 Å². The first-order valence-electron chi connectivity index (χ1n) is 12.7. The summed E-state index contributed by atoms with van der Waals surface area (Å²) in [6.07, 6.45) is -3.24. The van der Waals surface area contributed by atoms with E-state index in [9.17, 15) is 18.0 Å². The molecule has 40 heavy (non-hydrogen) atoms. The van der Waals surface area contributed by atoms with Crippen LogP contribution in [0.2, 0.25) is 0 Å². The summed E-state index contributed by atoms with van der Waals surface area (Å²) in [7, 11) is 0. The van der Waals surface area contributed by atoms with Crippen LogP contribution in [0.4, 0.5) is 24.9 Å². The Morgan fingerprint density at radius 1 is 0.950 bits per heavy atom. The predicted octanol–water partition coefficient (Wildman–Crippen LogP) is 4.99. The molecule has 0 unspecified atom stereocenters. The van der Waals surface area contributed by atoms with Gasteiger partial charge in [-0.2, -0.15) is 13.2 Å². The lowest BCUT2D eigenvalue weighted by atomic mass is 9.96. The van der Waals surface area contributed by atoms with E-state index in [1.807, 2.05) is 54.6 Å². The topological polar surface area (TPSA) is 92.9 Å². The number of oxazole rings is 1. The molecule has 0 amide bonds. The number of ether oxygens (including phenoxy) is 1. The van der Waals surface area contributed by atoms with Gasteiger partial charge in [0, 0.05) is 36.8 Å². The number of carbonyl (C=O) groups is 1. The first-order valence-corrected chi connectivity index (χ1v) is 12.7. The van der Waals surface area contributed by atoms with Gasteiger partial charge in [0.2, 0.25) is 0 Å². The number of alkyl halides is 3. The van der Waals surface area contributed by atoms with Crippen LogP contribution in [0.3, 0.4) is 0 Å². The normalized spacial score (nSPS) is 17.7. The van der Waals surface area contributed by atoms with Crippen molar-refractivity contribution in [3.63, 3.8) is 0 Å². The van der Waals surface area contributed by atoms with Crippen LogP contribution in [-0.4, -0.2) is 53.9 Å². The van der Waals surface area contributed by atoms with E-state index in [2.05, 4.69) is 15.3 Å². The molecule has 11 heteroatoms. The number of hydrogen-bond donors (Lipinski definition) is 1. The fraction of sp³-hybridized carbons (Fsp3) is 0.241. The van der Waals surface area contributed by atoms with E-state index in [0.717, 1.165) is 29.0 Å². The van der Waals surface area contributed by atoms with E-state index < -0.39 is 17.9 Å². The Balaban J connectivity index is 1.34. The number of morpholine rings is 1. The first kappa shape index (κ1) is 25.8. The number of pyridine rings is 1.